The van der Waals surface area contributed by atoms with E-state index >= 15 is 0 Å². The van der Waals surface area contributed by atoms with Crippen LogP contribution in [0.15, 0.2) is 35.7 Å². The first kappa shape index (κ1) is 13.4. The molecule has 6 nitrogen and oxygen atoms in total. The van der Waals surface area contributed by atoms with Gasteiger partial charge in [-0.25, -0.2) is 13.2 Å². The molecule has 1 aromatic rings. The first-order valence-corrected chi connectivity index (χ1v) is 7.32. The van der Waals surface area contributed by atoms with Crippen molar-refractivity contribution in [2.45, 2.75) is 6.04 Å². The molecule has 0 fully saturated rings. The van der Waals surface area contributed by atoms with Crippen LogP contribution in [0.3, 0.4) is 0 Å². The Kier molecular flexibility index (Phi) is 3.75. The summed E-state index contributed by atoms with van der Waals surface area (Å²) < 4.78 is 27.4. The molecule has 102 valence electrons. The van der Waals surface area contributed by atoms with E-state index < -0.39 is 21.9 Å². The van der Waals surface area contributed by atoms with Crippen molar-refractivity contribution in [3.63, 3.8) is 0 Å². The molecule has 2 N–H and O–H groups in total. The van der Waals surface area contributed by atoms with Crippen molar-refractivity contribution in [2.75, 3.05) is 18.2 Å². The number of sulfone groups is 1. The normalized spacial score (nSPS) is 19.9. The molecule has 1 heterocycles. The van der Waals surface area contributed by atoms with Gasteiger partial charge in [-0.2, -0.15) is 0 Å². The molecule has 0 radical (unpaired) electrons. The van der Waals surface area contributed by atoms with E-state index in [-0.39, 0.29) is 5.75 Å². The number of benzene rings is 1. The number of anilines is 1. The lowest BCUT2D eigenvalue weighted by atomic mass is 10.3. The van der Waals surface area contributed by atoms with E-state index in [2.05, 4.69) is 10.6 Å². The highest BCUT2D eigenvalue weighted by Gasteiger charge is 2.22. The van der Waals surface area contributed by atoms with Crippen molar-refractivity contribution in [1.29, 1.82) is 0 Å². The predicted molar refractivity (Wildman–Crippen MR) is 71.9 cm³/mol. The molecule has 1 atom stereocenters. The van der Waals surface area contributed by atoms with Gasteiger partial charge in [-0.05, 0) is 30.3 Å². The van der Waals surface area contributed by atoms with Crippen molar-refractivity contribution in [2.24, 2.45) is 0 Å². The van der Waals surface area contributed by atoms with Gasteiger partial charge < -0.3 is 15.4 Å². The lowest BCUT2D eigenvalue weighted by molar-refractivity contribution is 0.251. The second kappa shape index (κ2) is 5.31. The second-order valence-electron chi connectivity index (χ2n) is 4.09. The number of nitrogens with one attached hydrogen (secondary N) is 2. The first-order chi connectivity index (χ1) is 8.98. The topological polar surface area (TPSA) is 84.5 Å². The van der Waals surface area contributed by atoms with E-state index in [0.717, 1.165) is 5.41 Å². The average molecular weight is 282 g/mol. The Labute approximate surface area is 111 Å². The lowest BCUT2D eigenvalue weighted by Crippen LogP contribution is -2.38. The van der Waals surface area contributed by atoms with Crippen LogP contribution in [0.5, 0.6) is 5.75 Å². The van der Waals surface area contributed by atoms with Crippen molar-refractivity contribution in [3.05, 3.63) is 35.7 Å². The minimum atomic E-state index is -3.16. The summed E-state index contributed by atoms with van der Waals surface area (Å²) >= 11 is 0. The fourth-order valence-electron chi connectivity index (χ4n) is 1.68. The lowest BCUT2D eigenvalue weighted by Gasteiger charge is -2.11. The molecule has 7 heteroatoms. The molecule has 1 aromatic carbocycles. The Morgan fingerprint density at radius 3 is 2.53 bits per heavy atom. The van der Waals surface area contributed by atoms with E-state index in [1.165, 1.54) is 6.08 Å². The Morgan fingerprint density at radius 2 is 2.00 bits per heavy atom. The van der Waals surface area contributed by atoms with Gasteiger partial charge in [-0.1, -0.05) is 0 Å². The summed E-state index contributed by atoms with van der Waals surface area (Å²) in [6, 6.07) is 5.89. The third-order valence-electron chi connectivity index (χ3n) is 2.59. The Balaban J connectivity index is 1.89. The van der Waals surface area contributed by atoms with Crippen LogP contribution in [-0.4, -0.2) is 33.4 Å². The van der Waals surface area contributed by atoms with Crippen molar-refractivity contribution < 1.29 is 17.9 Å². The fourth-order valence-corrected chi connectivity index (χ4v) is 2.91. The average Bonchev–Trinajstić information content (AvgIpc) is 2.69. The maximum absolute atomic E-state index is 11.7. The molecule has 0 saturated heterocycles. The van der Waals surface area contributed by atoms with Crippen molar-refractivity contribution >= 4 is 21.6 Å². The van der Waals surface area contributed by atoms with Crippen LogP contribution in [0.1, 0.15) is 0 Å². The predicted octanol–water partition coefficient (Wildman–Crippen LogP) is 1.13. The first-order valence-electron chi connectivity index (χ1n) is 5.61. The monoisotopic (exact) mass is 282 g/mol. The molecule has 1 unspecified atom stereocenters. The molecule has 0 saturated carbocycles. The second-order valence-corrected chi connectivity index (χ2v) is 6.02. The van der Waals surface area contributed by atoms with Gasteiger partial charge in [0.2, 0.25) is 0 Å². The number of amides is 2. The van der Waals surface area contributed by atoms with Gasteiger partial charge in [-0.15, -0.1) is 0 Å². The van der Waals surface area contributed by atoms with Crippen molar-refractivity contribution in [3.8, 4) is 5.75 Å². The summed E-state index contributed by atoms with van der Waals surface area (Å²) in [5.74, 6) is 0.596. The minimum Gasteiger partial charge on any atom is -0.497 e. The summed E-state index contributed by atoms with van der Waals surface area (Å²) in [6.07, 6.45) is 1.46. The molecule has 0 spiro atoms. The van der Waals surface area contributed by atoms with Crippen LogP contribution in [0, 0.1) is 0 Å². The van der Waals surface area contributed by atoms with Crippen LogP contribution in [0.4, 0.5) is 10.5 Å². The van der Waals surface area contributed by atoms with Crippen molar-refractivity contribution in [1.82, 2.24) is 5.32 Å². The van der Waals surface area contributed by atoms with E-state index in [1.54, 1.807) is 31.4 Å². The Hall–Kier alpha value is -2.02. The number of ether oxygens (including phenoxy) is 1. The molecular weight excluding hydrogens is 268 g/mol. The molecule has 2 rings (SSSR count). The molecule has 2 amide bonds. The molecule has 19 heavy (non-hydrogen) atoms. The fraction of sp³-hybridized carbons (Fsp3) is 0.250. The van der Waals surface area contributed by atoms with Crippen LogP contribution >= 0.6 is 0 Å². The summed E-state index contributed by atoms with van der Waals surface area (Å²) in [4.78, 5) is 11.7. The maximum Gasteiger partial charge on any atom is 0.319 e. The maximum atomic E-state index is 11.7. The van der Waals surface area contributed by atoms with Gasteiger partial charge in [-0.3, -0.25) is 0 Å². The van der Waals surface area contributed by atoms with Gasteiger partial charge in [0, 0.05) is 11.1 Å². The largest absolute Gasteiger partial charge is 0.497 e. The van der Waals surface area contributed by atoms with Gasteiger partial charge in [0.1, 0.15) is 5.75 Å². The zero-order valence-corrected chi connectivity index (χ0v) is 11.1. The Morgan fingerprint density at radius 1 is 1.32 bits per heavy atom. The molecule has 0 bridgehead atoms. The van der Waals surface area contributed by atoms with Gasteiger partial charge in [0.05, 0.1) is 18.9 Å². The van der Waals surface area contributed by atoms with Crippen LogP contribution < -0.4 is 15.4 Å². The standard InChI is InChI=1S/C12H14N2O4S/c1-18-11-4-2-9(3-5-11)13-12(15)14-10-6-7-19(16,17)8-10/h2-7,10H,8H2,1H3,(H2,13,14,15). The number of carbonyl (C=O) groups excluding carboxylic acids is 1. The number of hydrogen-bond donors (Lipinski definition) is 2. The SMILES string of the molecule is COc1ccc(NC(=O)NC2C=CS(=O)(=O)C2)cc1. The zero-order chi connectivity index (χ0) is 13.9. The smallest absolute Gasteiger partial charge is 0.319 e. The van der Waals surface area contributed by atoms with E-state index in [1.807, 2.05) is 0 Å². The third-order valence-corrected chi connectivity index (χ3v) is 3.99. The summed E-state index contributed by atoms with van der Waals surface area (Å²) in [6.45, 7) is 0. The van der Waals surface area contributed by atoms with E-state index in [4.69, 9.17) is 4.74 Å². The number of rotatable bonds is 3. The quantitative estimate of drug-likeness (QED) is 0.870. The highest BCUT2D eigenvalue weighted by Crippen LogP contribution is 2.15. The number of carbonyl (C=O) groups is 1. The molecule has 1 aliphatic rings. The number of methoxy groups -OCH3 is 1. The summed E-state index contributed by atoms with van der Waals surface area (Å²) in [5, 5.41) is 6.29. The van der Waals surface area contributed by atoms with Gasteiger partial charge in [0.25, 0.3) is 0 Å². The molecule has 0 aliphatic carbocycles. The molecule has 1 aliphatic heterocycles. The minimum absolute atomic E-state index is 0.0942. The van der Waals surface area contributed by atoms with Crippen LogP contribution in [-0.2, 0) is 9.84 Å². The summed E-state index contributed by atoms with van der Waals surface area (Å²) in [7, 11) is -1.60. The Bertz CT molecular complexity index is 593. The summed E-state index contributed by atoms with van der Waals surface area (Å²) in [5.41, 5.74) is 0.600. The zero-order valence-electron chi connectivity index (χ0n) is 10.3. The molecular formula is C12H14N2O4S. The van der Waals surface area contributed by atoms with Gasteiger partial charge >= 0.3 is 6.03 Å². The highest BCUT2D eigenvalue weighted by molar-refractivity contribution is 7.94. The highest BCUT2D eigenvalue weighted by atomic mass is 32.2. The number of hydrogen-bond acceptors (Lipinski definition) is 4. The van der Waals surface area contributed by atoms with E-state index in [9.17, 15) is 13.2 Å². The third kappa shape index (κ3) is 3.72. The number of urea groups is 1. The van der Waals surface area contributed by atoms with Crippen LogP contribution in [0.2, 0.25) is 0 Å². The molecule has 0 aromatic heterocycles. The van der Waals surface area contributed by atoms with Gasteiger partial charge in [0.15, 0.2) is 9.84 Å². The van der Waals surface area contributed by atoms with Crippen LogP contribution in [0.25, 0.3) is 0 Å². The van der Waals surface area contributed by atoms with E-state index in [0.29, 0.717) is 11.4 Å².